The van der Waals surface area contributed by atoms with Gasteiger partial charge in [-0.05, 0) is 18.9 Å². The minimum Gasteiger partial charge on any atom is -0.294 e. The summed E-state index contributed by atoms with van der Waals surface area (Å²) in [5.41, 5.74) is 2.71. The van der Waals surface area contributed by atoms with Gasteiger partial charge in [-0.15, -0.1) is 0 Å². The molecule has 1 aliphatic rings. The van der Waals surface area contributed by atoms with Crippen LogP contribution in [0.3, 0.4) is 0 Å². The summed E-state index contributed by atoms with van der Waals surface area (Å²) < 4.78 is 0. The number of Topliss-reactive ketones (excluding diaryl/α,β-unsaturated/α-hetero) is 1. The van der Waals surface area contributed by atoms with Gasteiger partial charge in [0.2, 0.25) is 0 Å². The Hall–Kier alpha value is -1.11. The van der Waals surface area contributed by atoms with Gasteiger partial charge in [-0.25, -0.2) is 0 Å². The van der Waals surface area contributed by atoms with Gasteiger partial charge in [0.15, 0.2) is 5.78 Å². The van der Waals surface area contributed by atoms with Crippen LogP contribution in [0.4, 0.5) is 0 Å². The summed E-state index contributed by atoms with van der Waals surface area (Å²) in [5, 5.41) is 0. The van der Waals surface area contributed by atoms with Gasteiger partial charge >= 0.3 is 0 Å². The lowest BCUT2D eigenvalue weighted by Crippen LogP contribution is -1.89. The van der Waals surface area contributed by atoms with E-state index in [4.69, 9.17) is 0 Å². The molecule has 1 nitrogen and oxygen atoms in total. The molecule has 0 spiro atoms. The van der Waals surface area contributed by atoms with Gasteiger partial charge in [0.1, 0.15) is 0 Å². The third-order valence-corrected chi connectivity index (χ3v) is 1.77. The van der Waals surface area contributed by atoms with Crippen molar-refractivity contribution in [2.75, 3.05) is 0 Å². The molecule has 0 aliphatic heterocycles. The van der Waals surface area contributed by atoms with E-state index < -0.39 is 0 Å². The van der Waals surface area contributed by atoms with Crippen molar-refractivity contribution >= 4 is 5.78 Å². The Labute approximate surface area is 67.1 Å². The van der Waals surface area contributed by atoms with Crippen molar-refractivity contribution in [3.05, 3.63) is 36.0 Å². The number of carbonyl (C=O) groups excluding carboxylic acids is 1. The number of hydrogen-bond donors (Lipinski definition) is 0. The quantitative estimate of drug-likeness (QED) is 0.522. The van der Waals surface area contributed by atoms with Crippen molar-refractivity contribution in [2.24, 2.45) is 0 Å². The Morgan fingerprint density at radius 2 is 2.18 bits per heavy atom. The van der Waals surface area contributed by atoms with E-state index >= 15 is 0 Å². The van der Waals surface area contributed by atoms with E-state index in [1.807, 2.05) is 13.0 Å². The van der Waals surface area contributed by atoms with Crippen molar-refractivity contribution in [3.8, 4) is 0 Å². The van der Waals surface area contributed by atoms with Crippen molar-refractivity contribution in [2.45, 2.75) is 19.8 Å². The number of allylic oxidation sites excluding steroid dienone is 4. The topological polar surface area (TPSA) is 17.1 Å². The van der Waals surface area contributed by atoms with E-state index in [2.05, 4.69) is 13.2 Å². The van der Waals surface area contributed by atoms with Gasteiger partial charge in [-0.2, -0.15) is 0 Å². The van der Waals surface area contributed by atoms with Crippen molar-refractivity contribution in [1.29, 1.82) is 0 Å². The molecule has 0 amide bonds. The highest BCUT2D eigenvalue weighted by atomic mass is 16.1. The van der Waals surface area contributed by atoms with Crippen LogP contribution in [0.1, 0.15) is 19.8 Å². The summed E-state index contributed by atoms with van der Waals surface area (Å²) in [6, 6.07) is 0. The van der Waals surface area contributed by atoms with Crippen molar-refractivity contribution in [3.63, 3.8) is 0 Å². The van der Waals surface area contributed by atoms with E-state index in [1.165, 1.54) is 0 Å². The SMILES string of the molecule is C=C(C)/C=C1/CCC(=O)C1=C. The second kappa shape index (κ2) is 2.87. The molecule has 1 fully saturated rings. The molecule has 0 aromatic carbocycles. The summed E-state index contributed by atoms with van der Waals surface area (Å²) in [4.78, 5) is 11.0. The minimum absolute atomic E-state index is 0.178. The van der Waals surface area contributed by atoms with Crippen LogP contribution >= 0.6 is 0 Å². The number of rotatable bonds is 1. The van der Waals surface area contributed by atoms with Crippen LogP contribution in [0, 0.1) is 0 Å². The first-order valence-electron chi connectivity index (χ1n) is 3.70. The van der Waals surface area contributed by atoms with Gasteiger partial charge in [-0.3, -0.25) is 4.79 Å². The summed E-state index contributed by atoms with van der Waals surface area (Å²) in [7, 11) is 0. The highest BCUT2D eigenvalue weighted by Crippen LogP contribution is 2.26. The van der Waals surface area contributed by atoms with Gasteiger partial charge in [-0.1, -0.05) is 24.8 Å². The molecule has 0 saturated heterocycles. The van der Waals surface area contributed by atoms with Crippen LogP contribution in [-0.4, -0.2) is 5.78 Å². The molecule has 0 aromatic rings. The minimum atomic E-state index is 0.178. The molecule has 0 unspecified atom stereocenters. The Morgan fingerprint density at radius 1 is 1.55 bits per heavy atom. The average molecular weight is 148 g/mol. The molecule has 1 aliphatic carbocycles. The summed E-state index contributed by atoms with van der Waals surface area (Å²) >= 11 is 0. The molecule has 1 rings (SSSR count). The lowest BCUT2D eigenvalue weighted by molar-refractivity contribution is -0.114. The lowest BCUT2D eigenvalue weighted by Gasteiger charge is -1.95. The molecule has 1 saturated carbocycles. The van der Waals surface area contributed by atoms with Crippen LogP contribution in [0.25, 0.3) is 0 Å². The smallest absolute Gasteiger partial charge is 0.162 e. The molecule has 58 valence electrons. The van der Waals surface area contributed by atoms with Crippen LogP contribution in [-0.2, 0) is 4.79 Å². The summed E-state index contributed by atoms with van der Waals surface area (Å²) in [6.07, 6.45) is 3.40. The Kier molecular flexibility index (Phi) is 2.08. The maximum Gasteiger partial charge on any atom is 0.162 e. The third kappa shape index (κ3) is 1.67. The van der Waals surface area contributed by atoms with E-state index in [0.717, 1.165) is 17.6 Å². The standard InChI is InChI=1S/C10H12O/c1-7(2)6-9-4-5-10(11)8(9)3/h6H,1,3-5H2,2H3/b9-6-. The maximum absolute atomic E-state index is 11.0. The van der Waals surface area contributed by atoms with E-state index in [-0.39, 0.29) is 5.78 Å². The second-order valence-electron chi connectivity index (χ2n) is 2.92. The molecule has 0 heterocycles. The normalized spacial score (nSPS) is 21.4. The van der Waals surface area contributed by atoms with Crippen LogP contribution in [0.15, 0.2) is 36.0 Å². The highest BCUT2D eigenvalue weighted by Gasteiger charge is 2.19. The van der Waals surface area contributed by atoms with Crippen LogP contribution < -0.4 is 0 Å². The van der Waals surface area contributed by atoms with Crippen molar-refractivity contribution < 1.29 is 4.79 Å². The molecule has 11 heavy (non-hydrogen) atoms. The molecule has 1 heteroatoms. The zero-order chi connectivity index (χ0) is 8.43. The molecule has 0 N–H and O–H groups in total. The Balaban J connectivity index is 2.85. The molecule has 0 aromatic heterocycles. The Bertz CT molecular complexity index is 256. The number of ketones is 1. The zero-order valence-corrected chi connectivity index (χ0v) is 6.81. The highest BCUT2D eigenvalue weighted by molar-refractivity contribution is 6.02. The predicted octanol–water partition coefficient (Wildman–Crippen LogP) is 2.41. The molecular formula is C10H12O. The van der Waals surface area contributed by atoms with E-state index in [1.54, 1.807) is 0 Å². The van der Waals surface area contributed by atoms with Gasteiger partial charge < -0.3 is 0 Å². The summed E-state index contributed by atoms with van der Waals surface area (Å²) in [6.45, 7) is 9.38. The lowest BCUT2D eigenvalue weighted by atomic mass is 10.1. The largest absolute Gasteiger partial charge is 0.294 e. The number of hydrogen-bond acceptors (Lipinski definition) is 1. The van der Waals surface area contributed by atoms with Gasteiger partial charge in [0, 0.05) is 12.0 Å². The van der Waals surface area contributed by atoms with Crippen LogP contribution in [0.2, 0.25) is 0 Å². The monoisotopic (exact) mass is 148 g/mol. The fourth-order valence-electron chi connectivity index (χ4n) is 1.19. The van der Waals surface area contributed by atoms with E-state index in [0.29, 0.717) is 12.0 Å². The molecular weight excluding hydrogens is 136 g/mol. The fourth-order valence-corrected chi connectivity index (χ4v) is 1.19. The molecule has 0 atom stereocenters. The zero-order valence-electron chi connectivity index (χ0n) is 6.81. The predicted molar refractivity (Wildman–Crippen MR) is 46.3 cm³/mol. The third-order valence-electron chi connectivity index (χ3n) is 1.77. The summed E-state index contributed by atoms with van der Waals surface area (Å²) in [5.74, 6) is 0.178. The maximum atomic E-state index is 11.0. The first-order chi connectivity index (χ1) is 5.11. The van der Waals surface area contributed by atoms with E-state index in [9.17, 15) is 4.79 Å². The second-order valence-corrected chi connectivity index (χ2v) is 2.92. The number of carbonyl (C=O) groups is 1. The first kappa shape index (κ1) is 7.99. The molecule has 0 bridgehead atoms. The first-order valence-corrected chi connectivity index (χ1v) is 3.70. The molecule has 0 radical (unpaired) electrons. The fraction of sp³-hybridized carbons (Fsp3) is 0.300. The Morgan fingerprint density at radius 3 is 2.55 bits per heavy atom. The van der Waals surface area contributed by atoms with Gasteiger partial charge in [0.25, 0.3) is 0 Å². The average Bonchev–Trinajstić information content (AvgIpc) is 2.18. The van der Waals surface area contributed by atoms with Crippen molar-refractivity contribution in [1.82, 2.24) is 0 Å². The van der Waals surface area contributed by atoms with Gasteiger partial charge in [0.05, 0.1) is 0 Å². The van der Waals surface area contributed by atoms with Crippen LogP contribution in [0.5, 0.6) is 0 Å².